The predicted molar refractivity (Wildman–Crippen MR) is 113 cm³/mol. The number of non-ortho nitro benzene ring substituents is 1. The summed E-state index contributed by atoms with van der Waals surface area (Å²) in [4.78, 5) is 15.1. The maximum absolute atomic E-state index is 12.9. The molecule has 0 aromatic heterocycles. The SMILES string of the molecule is O=[N+]([O-])c1cccc(N2CCN(CCCCNS(=O)(=O)c3ccc(F)cc3)CC2)c1. The number of nitrogens with one attached hydrogen (secondary N) is 1. The fraction of sp³-hybridized carbons (Fsp3) is 0.400. The molecule has 1 saturated heterocycles. The van der Waals surface area contributed by atoms with Crippen LogP contribution in [0.4, 0.5) is 15.8 Å². The molecule has 1 aliphatic rings. The number of hydrogen-bond donors (Lipinski definition) is 1. The number of rotatable bonds is 9. The van der Waals surface area contributed by atoms with Crippen LogP contribution in [0.2, 0.25) is 0 Å². The molecule has 0 saturated carbocycles. The van der Waals surface area contributed by atoms with Gasteiger partial charge in [-0.05, 0) is 49.7 Å². The highest BCUT2D eigenvalue weighted by molar-refractivity contribution is 7.89. The molecular formula is C20H25FN4O4S. The van der Waals surface area contributed by atoms with Crippen molar-refractivity contribution in [1.82, 2.24) is 9.62 Å². The number of nitro benzene ring substituents is 1. The first-order valence-corrected chi connectivity index (χ1v) is 11.3. The highest BCUT2D eigenvalue weighted by Gasteiger charge is 2.19. The minimum Gasteiger partial charge on any atom is -0.369 e. The van der Waals surface area contributed by atoms with Crippen LogP contribution in [-0.2, 0) is 10.0 Å². The Balaban J connectivity index is 1.37. The van der Waals surface area contributed by atoms with E-state index in [1.165, 1.54) is 18.2 Å². The Hall–Kier alpha value is -2.56. The highest BCUT2D eigenvalue weighted by atomic mass is 32.2. The lowest BCUT2D eigenvalue weighted by molar-refractivity contribution is -0.384. The third-order valence-electron chi connectivity index (χ3n) is 5.10. The van der Waals surface area contributed by atoms with Crippen molar-refractivity contribution in [1.29, 1.82) is 0 Å². The smallest absolute Gasteiger partial charge is 0.271 e. The summed E-state index contributed by atoms with van der Waals surface area (Å²) in [7, 11) is -3.61. The topological polar surface area (TPSA) is 95.8 Å². The summed E-state index contributed by atoms with van der Waals surface area (Å²) in [6.07, 6.45) is 1.55. The van der Waals surface area contributed by atoms with Crippen molar-refractivity contribution in [3.63, 3.8) is 0 Å². The lowest BCUT2D eigenvalue weighted by Gasteiger charge is -2.36. The molecule has 0 unspecified atom stereocenters. The number of anilines is 1. The fourth-order valence-electron chi connectivity index (χ4n) is 3.40. The Bertz CT molecular complexity index is 961. The van der Waals surface area contributed by atoms with Crippen molar-refractivity contribution in [2.75, 3.05) is 44.2 Å². The third-order valence-corrected chi connectivity index (χ3v) is 6.57. The van der Waals surface area contributed by atoms with Crippen LogP contribution in [0.3, 0.4) is 0 Å². The van der Waals surface area contributed by atoms with E-state index in [9.17, 15) is 22.9 Å². The van der Waals surface area contributed by atoms with Gasteiger partial charge in [-0.2, -0.15) is 0 Å². The molecule has 0 spiro atoms. The summed E-state index contributed by atoms with van der Waals surface area (Å²) in [5, 5.41) is 10.9. The van der Waals surface area contributed by atoms with Gasteiger partial charge >= 0.3 is 0 Å². The summed E-state index contributed by atoms with van der Waals surface area (Å²) < 4.78 is 39.8. The Morgan fingerprint density at radius 3 is 2.40 bits per heavy atom. The molecule has 10 heteroatoms. The van der Waals surface area contributed by atoms with Crippen LogP contribution in [-0.4, -0.2) is 57.5 Å². The van der Waals surface area contributed by atoms with Gasteiger partial charge in [-0.25, -0.2) is 17.5 Å². The zero-order chi connectivity index (χ0) is 21.6. The Morgan fingerprint density at radius 2 is 1.73 bits per heavy atom. The monoisotopic (exact) mass is 436 g/mol. The lowest BCUT2D eigenvalue weighted by atomic mass is 10.2. The van der Waals surface area contributed by atoms with Crippen LogP contribution in [0.25, 0.3) is 0 Å². The first kappa shape index (κ1) is 22.1. The van der Waals surface area contributed by atoms with E-state index in [1.807, 2.05) is 6.07 Å². The molecule has 2 aromatic rings. The summed E-state index contributed by atoms with van der Waals surface area (Å²) in [5.41, 5.74) is 0.956. The molecule has 1 aliphatic heterocycles. The molecule has 0 atom stereocenters. The molecule has 3 rings (SSSR count). The van der Waals surface area contributed by atoms with E-state index in [2.05, 4.69) is 14.5 Å². The van der Waals surface area contributed by atoms with Gasteiger partial charge in [-0.1, -0.05) is 6.07 Å². The number of halogens is 1. The molecule has 0 bridgehead atoms. The molecule has 1 heterocycles. The second-order valence-electron chi connectivity index (χ2n) is 7.16. The zero-order valence-corrected chi connectivity index (χ0v) is 17.4. The molecule has 8 nitrogen and oxygen atoms in total. The second kappa shape index (κ2) is 9.96. The number of benzene rings is 2. The summed E-state index contributed by atoms with van der Waals surface area (Å²) in [5.74, 6) is -0.473. The Labute approximate surface area is 175 Å². The highest BCUT2D eigenvalue weighted by Crippen LogP contribution is 2.22. The number of nitro groups is 1. The average Bonchev–Trinajstić information content (AvgIpc) is 2.74. The van der Waals surface area contributed by atoms with Gasteiger partial charge in [-0.3, -0.25) is 15.0 Å². The Morgan fingerprint density at radius 1 is 1.03 bits per heavy atom. The van der Waals surface area contributed by atoms with E-state index < -0.39 is 15.8 Å². The lowest BCUT2D eigenvalue weighted by Crippen LogP contribution is -2.46. The van der Waals surface area contributed by atoms with Crippen molar-refractivity contribution in [2.24, 2.45) is 0 Å². The van der Waals surface area contributed by atoms with Crippen molar-refractivity contribution < 1.29 is 17.7 Å². The summed E-state index contributed by atoms with van der Waals surface area (Å²) in [6.45, 7) is 4.47. The average molecular weight is 437 g/mol. The number of hydrogen-bond acceptors (Lipinski definition) is 6. The van der Waals surface area contributed by atoms with Crippen LogP contribution in [0.1, 0.15) is 12.8 Å². The number of unbranched alkanes of at least 4 members (excludes halogenated alkanes) is 1. The Kier molecular flexibility index (Phi) is 7.35. The van der Waals surface area contributed by atoms with Gasteiger partial charge in [0, 0.05) is 50.5 Å². The summed E-state index contributed by atoms with van der Waals surface area (Å²) >= 11 is 0. The van der Waals surface area contributed by atoms with Gasteiger partial charge in [0.05, 0.1) is 9.82 Å². The number of nitrogens with zero attached hydrogens (tertiary/aromatic N) is 3. The summed E-state index contributed by atoms with van der Waals surface area (Å²) in [6, 6.07) is 11.4. The van der Waals surface area contributed by atoms with Crippen LogP contribution >= 0.6 is 0 Å². The first-order chi connectivity index (χ1) is 14.3. The molecule has 30 heavy (non-hydrogen) atoms. The molecule has 0 aliphatic carbocycles. The van der Waals surface area contributed by atoms with Gasteiger partial charge in [-0.15, -0.1) is 0 Å². The van der Waals surface area contributed by atoms with E-state index in [1.54, 1.807) is 12.1 Å². The molecule has 0 amide bonds. The minimum atomic E-state index is -3.61. The number of sulfonamides is 1. The normalized spacial score (nSPS) is 15.3. The third kappa shape index (κ3) is 5.97. The maximum atomic E-state index is 12.9. The molecule has 162 valence electrons. The van der Waals surface area contributed by atoms with Gasteiger partial charge in [0.25, 0.3) is 5.69 Å². The molecule has 1 fully saturated rings. The largest absolute Gasteiger partial charge is 0.369 e. The zero-order valence-electron chi connectivity index (χ0n) is 16.5. The molecular weight excluding hydrogens is 411 g/mol. The standard InChI is InChI=1S/C20H25FN4O4S/c21-17-6-8-20(9-7-17)30(28,29)22-10-1-2-11-23-12-14-24(15-13-23)18-4-3-5-19(16-18)25(26)27/h3-9,16,22H,1-2,10-15H2. The van der Waals surface area contributed by atoms with Gasteiger partial charge in [0.15, 0.2) is 0 Å². The molecule has 0 radical (unpaired) electrons. The van der Waals surface area contributed by atoms with Crippen molar-refractivity contribution in [2.45, 2.75) is 17.7 Å². The second-order valence-corrected chi connectivity index (χ2v) is 8.93. The van der Waals surface area contributed by atoms with Gasteiger partial charge < -0.3 is 4.90 Å². The van der Waals surface area contributed by atoms with Crippen molar-refractivity contribution in [3.8, 4) is 0 Å². The van der Waals surface area contributed by atoms with Crippen molar-refractivity contribution >= 4 is 21.4 Å². The van der Waals surface area contributed by atoms with Crippen LogP contribution in [0, 0.1) is 15.9 Å². The van der Waals surface area contributed by atoms with Crippen LogP contribution in [0.5, 0.6) is 0 Å². The molecule has 1 N–H and O–H groups in total. The quantitative estimate of drug-likeness (QED) is 0.369. The van der Waals surface area contributed by atoms with E-state index in [4.69, 9.17) is 0 Å². The van der Waals surface area contributed by atoms with Crippen LogP contribution in [0.15, 0.2) is 53.4 Å². The predicted octanol–water partition coefficient (Wildman–Crippen LogP) is 2.61. The number of piperazine rings is 1. The first-order valence-electron chi connectivity index (χ1n) is 9.82. The molecule has 2 aromatic carbocycles. The van der Waals surface area contributed by atoms with E-state index in [0.29, 0.717) is 13.0 Å². The fourth-order valence-corrected chi connectivity index (χ4v) is 4.47. The van der Waals surface area contributed by atoms with Crippen molar-refractivity contribution in [3.05, 3.63) is 64.5 Å². The van der Waals surface area contributed by atoms with Crippen LogP contribution < -0.4 is 9.62 Å². The van der Waals surface area contributed by atoms with E-state index >= 15 is 0 Å². The minimum absolute atomic E-state index is 0.0566. The van der Waals surface area contributed by atoms with E-state index in [-0.39, 0.29) is 15.5 Å². The van der Waals surface area contributed by atoms with E-state index in [0.717, 1.165) is 57.0 Å². The maximum Gasteiger partial charge on any atom is 0.271 e. The van der Waals surface area contributed by atoms with Gasteiger partial charge in [0.2, 0.25) is 10.0 Å². The van der Waals surface area contributed by atoms with Gasteiger partial charge in [0.1, 0.15) is 5.82 Å².